The van der Waals surface area contributed by atoms with Gasteiger partial charge >= 0.3 is 12.1 Å². The number of thiophene rings is 1. The molecule has 1 N–H and O–H groups in total. The first-order valence-electron chi connectivity index (χ1n) is 11.0. The van der Waals surface area contributed by atoms with E-state index in [1.54, 1.807) is 0 Å². The molecule has 0 atom stereocenters. The molecule has 34 heavy (non-hydrogen) atoms. The number of nitrogens with zero attached hydrogens (tertiary/aromatic N) is 3. The van der Waals surface area contributed by atoms with Crippen LogP contribution < -0.4 is 5.32 Å². The molecule has 1 saturated carbocycles. The Morgan fingerprint density at radius 1 is 1.24 bits per heavy atom. The van der Waals surface area contributed by atoms with E-state index in [0.29, 0.717) is 5.92 Å². The van der Waals surface area contributed by atoms with E-state index < -0.39 is 17.7 Å². The number of rotatable bonds is 5. The van der Waals surface area contributed by atoms with Crippen LogP contribution in [0.2, 0.25) is 0 Å². The fourth-order valence-corrected chi connectivity index (χ4v) is 5.13. The molecule has 10 heteroatoms. The van der Waals surface area contributed by atoms with Gasteiger partial charge in [-0.05, 0) is 61.1 Å². The van der Waals surface area contributed by atoms with Gasteiger partial charge in [0.1, 0.15) is 5.56 Å². The number of hydrogen-bond donors (Lipinski definition) is 1. The van der Waals surface area contributed by atoms with Crippen molar-refractivity contribution in [2.24, 2.45) is 0 Å². The van der Waals surface area contributed by atoms with Gasteiger partial charge in [0.15, 0.2) is 0 Å². The first-order valence-corrected chi connectivity index (χ1v) is 11.8. The number of aromatic nitrogens is 2. The zero-order chi connectivity index (χ0) is 24.0. The molecule has 3 aromatic rings. The van der Waals surface area contributed by atoms with Gasteiger partial charge in [-0.1, -0.05) is 6.07 Å². The Morgan fingerprint density at radius 3 is 2.74 bits per heavy atom. The second-order valence-electron chi connectivity index (χ2n) is 8.74. The summed E-state index contributed by atoms with van der Waals surface area (Å²) in [5.74, 6) is -0.0862. The highest BCUT2D eigenvalue weighted by atomic mass is 32.1. The number of hydrogen-bond acceptors (Lipinski definition) is 7. The lowest BCUT2D eigenvalue weighted by molar-refractivity contribution is -0.137. The summed E-state index contributed by atoms with van der Waals surface area (Å²) in [6, 6.07) is 5.68. The summed E-state index contributed by atoms with van der Waals surface area (Å²) < 4.78 is 45.9. The number of ether oxygens (including phenoxy) is 1. The van der Waals surface area contributed by atoms with Crippen LogP contribution in [0.1, 0.15) is 51.4 Å². The fourth-order valence-electron chi connectivity index (χ4n) is 4.25. The molecule has 6 nitrogen and oxygen atoms in total. The van der Waals surface area contributed by atoms with Crippen molar-refractivity contribution in [1.29, 1.82) is 0 Å². The first-order chi connectivity index (χ1) is 16.2. The molecule has 1 aliphatic carbocycles. The Kier molecular flexibility index (Phi) is 5.81. The van der Waals surface area contributed by atoms with Crippen LogP contribution in [0.4, 0.5) is 24.8 Å². The van der Waals surface area contributed by atoms with Crippen LogP contribution in [0.3, 0.4) is 0 Å². The van der Waals surface area contributed by atoms with Gasteiger partial charge in [0.05, 0.1) is 23.2 Å². The molecule has 0 radical (unpaired) electrons. The molecule has 0 spiro atoms. The van der Waals surface area contributed by atoms with Gasteiger partial charge in [0, 0.05) is 30.4 Å². The van der Waals surface area contributed by atoms with Gasteiger partial charge < -0.3 is 15.0 Å². The molecule has 0 unspecified atom stereocenters. The normalized spacial score (nSPS) is 16.3. The monoisotopic (exact) mass is 488 g/mol. The summed E-state index contributed by atoms with van der Waals surface area (Å²) in [5.41, 5.74) is 3.49. The number of alkyl halides is 3. The Labute approximate surface area is 198 Å². The minimum absolute atomic E-state index is 0.0887. The smallest absolute Gasteiger partial charge is 0.420 e. The van der Waals surface area contributed by atoms with Crippen molar-refractivity contribution in [3.63, 3.8) is 0 Å². The van der Waals surface area contributed by atoms with Gasteiger partial charge in [-0.3, -0.25) is 0 Å². The van der Waals surface area contributed by atoms with E-state index in [4.69, 9.17) is 0 Å². The number of esters is 1. The molecule has 3 heterocycles. The van der Waals surface area contributed by atoms with Crippen molar-refractivity contribution in [1.82, 2.24) is 14.9 Å². The number of carbonyl (C=O) groups is 1. The molecular weight excluding hydrogens is 465 g/mol. The Morgan fingerprint density at radius 2 is 2.03 bits per heavy atom. The molecule has 0 amide bonds. The average molecular weight is 489 g/mol. The second-order valence-corrected chi connectivity index (χ2v) is 9.65. The highest BCUT2D eigenvalue weighted by Crippen LogP contribution is 2.46. The van der Waals surface area contributed by atoms with Gasteiger partial charge in [-0.25, -0.2) is 14.8 Å². The highest BCUT2D eigenvalue weighted by molar-refractivity contribution is 7.13. The highest BCUT2D eigenvalue weighted by Gasteiger charge is 2.36. The lowest BCUT2D eigenvalue weighted by atomic mass is 9.94. The zero-order valence-electron chi connectivity index (χ0n) is 18.7. The van der Waals surface area contributed by atoms with Crippen LogP contribution in [0, 0.1) is 0 Å². The summed E-state index contributed by atoms with van der Waals surface area (Å²) in [6.45, 7) is 1.84. The van der Waals surface area contributed by atoms with Crippen molar-refractivity contribution >= 4 is 28.9 Å². The molecule has 0 bridgehead atoms. The van der Waals surface area contributed by atoms with E-state index >= 15 is 0 Å². The van der Waals surface area contributed by atoms with Crippen molar-refractivity contribution in [2.45, 2.75) is 37.9 Å². The molecule has 1 aliphatic heterocycles. The molecule has 2 aliphatic rings. The van der Waals surface area contributed by atoms with Gasteiger partial charge in [0.25, 0.3) is 0 Å². The van der Waals surface area contributed by atoms with E-state index in [0.717, 1.165) is 61.1 Å². The van der Waals surface area contributed by atoms with E-state index in [1.165, 1.54) is 29.7 Å². The lowest BCUT2D eigenvalue weighted by Crippen LogP contribution is -2.26. The Balaban J connectivity index is 1.54. The minimum Gasteiger partial charge on any atom is -0.465 e. The van der Waals surface area contributed by atoms with Gasteiger partial charge in [-0.15, -0.1) is 11.3 Å². The predicted molar refractivity (Wildman–Crippen MR) is 123 cm³/mol. The molecule has 1 fully saturated rings. The number of carbonyl (C=O) groups excluding carboxylic acids is 1. The number of halogens is 3. The van der Waals surface area contributed by atoms with Gasteiger partial charge in [-0.2, -0.15) is 13.2 Å². The fraction of sp³-hybridized carbons (Fsp3) is 0.375. The van der Waals surface area contributed by atoms with E-state index in [9.17, 15) is 18.0 Å². The molecule has 5 rings (SSSR count). The van der Waals surface area contributed by atoms with Crippen LogP contribution in [-0.2, 0) is 23.9 Å². The average Bonchev–Trinajstić information content (AvgIpc) is 3.53. The number of benzene rings is 1. The third kappa shape index (κ3) is 4.52. The largest absolute Gasteiger partial charge is 0.465 e. The summed E-state index contributed by atoms with van der Waals surface area (Å²) in [7, 11) is 3.32. The summed E-state index contributed by atoms with van der Waals surface area (Å²) >= 11 is 1.00. The molecule has 178 valence electrons. The first kappa shape index (κ1) is 22.8. The third-order valence-corrected chi connectivity index (χ3v) is 7.12. The summed E-state index contributed by atoms with van der Waals surface area (Å²) in [6.07, 6.45) is -0.745. The molecule has 1 aromatic carbocycles. The number of fused-ring (bicyclic) bond motifs is 1. The number of methoxy groups -OCH3 is 1. The predicted octanol–water partition coefficient (Wildman–Crippen LogP) is 5.62. The maximum atomic E-state index is 13.7. The van der Waals surface area contributed by atoms with Crippen molar-refractivity contribution in [2.75, 3.05) is 26.0 Å². The number of likely N-dealkylation sites (N-methyl/N-ethyl adjacent to an activating group) is 1. The maximum absolute atomic E-state index is 13.7. The second kappa shape index (κ2) is 8.66. The molecule has 2 aromatic heterocycles. The Bertz CT molecular complexity index is 1250. The van der Waals surface area contributed by atoms with Crippen LogP contribution in [-0.4, -0.2) is 41.5 Å². The van der Waals surface area contributed by atoms with Crippen LogP contribution in [0.15, 0.2) is 29.8 Å². The van der Waals surface area contributed by atoms with Gasteiger partial charge in [0.2, 0.25) is 5.95 Å². The van der Waals surface area contributed by atoms with Crippen LogP contribution in [0.5, 0.6) is 0 Å². The zero-order valence-corrected chi connectivity index (χ0v) is 19.5. The quantitative estimate of drug-likeness (QED) is 0.471. The third-order valence-electron chi connectivity index (χ3n) is 6.19. The molecule has 0 saturated heterocycles. The van der Waals surface area contributed by atoms with Crippen molar-refractivity contribution in [3.8, 4) is 10.6 Å². The van der Waals surface area contributed by atoms with Crippen molar-refractivity contribution < 1.29 is 22.7 Å². The van der Waals surface area contributed by atoms with Crippen LogP contribution in [0.25, 0.3) is 10.6 Å². The molecular formula is C24H23F3N4O2S. The lowest BCUT2D eigenvalue weighted by Gasteiger charge is -2.27. The van der Waals surface area contributed by atoms with Crippen molar-refractivity contribution in [3.05, 3.63) is 57.6 Å². The number of nitrogens with one attached hydrogen (secondary N) is 1. The Hall–Kier alpha value is -2.98. The number of anilines is 2. The summed E-state index contributed by atoms with van der Waals surface area (Å²) in [5, 5.41) is 4.66. The van der Waals surface area contributed by atoms with Crippen LogP contribution >= 0.6 is 11.3 Å². The standard InChI is InChI=1S/C24H23F3N4O2S/c1-31-6-5-14-8-19(17(13-3-4-13)7-15(14)11-31)29-23-28-10-18(24(25,26)27)21(30-23)20-9-16(12-34-20)22(32)33-2/h7-10,12-13H,3-6,11H2,1-2H3,(H,28,29,30). The summed E-state index contributed by atoms with van der Waals surface area (Å²) in [4.78, 5) is 22.6. The van der Waals surface area contributed by atoms with E-state index in [1.807, 2.05) is 0 Å². The van der Waals surface area contributed by atoms with E-state index in [2.05, 4.69) is 44.1 Å². The topological polar surface area (TPSA) is 67.3 Å². The SMILES string of the molecule is COC(=O)c1csc(-c2nc(Nc3cc4c(cc3C3CC3)CN(C)CC4)ncc2C(F)(F)F)c1. The minimum atomic E-state index is -4.64. The van der Waals surface area contributed by atoms with E-state index in [-0.39, 0.29) is 22.1 Å². The maximum Gasteiger partial charge on any atom is 0.420 e.